The van der Waals surface area contributed by atoms with Gasteiger partial charge < -0.3 is 5.11 Å². The molecule has 0 amide bonds. The van der Waals surface area contributed by atoms with Gasteiger partial charge >= 0.3 is 5.97 Å². The van der Waals surface area contributed by atoms with Crippen LogP contribution >= 0.6 is 0 Å². The number of aryl methyl sites for hydroxylation is 3. The van der Waals surface area contributed by atoms with E-state index in [1.54, 1.807) is 6.92 Å². The Morgan fingerprint density at radius 1 is 1.28 bits per heavy atom. The molecule has 0 aliphatic rings. The molecule has 2 heteroatoms. The van der Waals surface area contributed by atoms with Gasteiger partial charge in [0.05, 0.1) is 5.92 Å². The van der Waals surface area contributed by atoms with Gasteiger partial charge in [0.15, 0.2) is 0 Å². The van der Waals surface area contributed by atoms with Gasteiger partial charge in [-0.05, 0) is 50.3 Å². The molecule has 0 spiro atoms. The van der Waals surface area contributed by atoms with Gasteiger partial charge in [0, 0.05) is 0 Å². The van der Waals surface area contributed by atoms with Crippen molar-refractivity contribution in [2.24, 2.45) is 5.92 Å². The summed E-state index contributed by atoms with van der Waals surface area (Å²) in [5, 5.41) is 8.79. The third-order valence-electron chi connectivity index (χ3n) is 3.21. The van der Waals surface area contributed by atoms with E-state index in [-0.39, 0.29) is 5.92 Å². The minimum Gasteiger partial charge on any atom is -0.481 e. The molecule has 0 aliphatic carbocycles. The monoisotopic (exact) mass is 246 g/mol. The quantitative estimate of drug-likeness (QED) is 0.848. The Labute approximate surface area is 109 Å². The third-order valence-corrected chi connectivity index (χ3v) is 3.21. The zero-order chi connectivity index (χ0) is 13.7. The highest BCUT2D eigenvalue weighted by Crippen LogP contribution is 2.18. The van der Waals surface area contributed by atoms with Crippen molar-refractivity contribution < 1.29 is 9.90 Å². The van der Waals surface area contributed by atoms with Crippen molar-refractivity contribution in [2.45, 2.75) is 40.5 Å². The Morgan fingerprint density at radius 2 is 1.83 bits per heavy atom. The van der Waals surface area contributed by atoms with Crippen molar-refractivity contribution in [1.29, 1.82) is 0 Å². The van der Waals surface area contributed by atoms with Crippen LogP contribution in [0.15, 0.2) is 18.2 Å². The molecule has 0 radical (unpaired) electrons. The van der Waals surface area contributed by atoms with Gasteiger partial charge in [0.25, 0.3) is 0 Å². The largest absolute Gasteiger partial charge is 0.481 e. The summed E-state index contributed by atoms with van der Waals surface area (Å²) < 4.78 is 0. The van der Waals surface area contributed by atoms with E-state index in [0.717, 1.165) is 6.42 Å². The van der Waals surface area contributed by atoms with Gasteiger partial charge in [-0.15, -0.1) is 0 Å². The highest BCUT2D eigenvalue weighted by atomic mass is 16.4. The normalized spacial score (nSPS) is 12.9. The van der Waals surface area contributed by atoms with E-state index in [4.69, 9.17) is 5.11 Å². The molecule has 1 N–H and O–H groups in total. The van der Waals surface area contributed by atoms with Crippen LogP contribution in [-0.4, -0.2) is 11.1 Å². The van der Waals surface area contributed by atoms with Gasteiger partial charge in [0.2, 0.25) is 0 Å². The van der Waals surface area contributed by atoms with E-state index in [2.05, 4.69) is 45.1 Å². The van der Waals surface area contributed by atoms with Crippen LogP contribution < -0.4 is 0 Å². The summed E-state index contributed by atoms with van der Waals surface area (Å²) >= 11 is 0. The molecule has 0 fully saturated rings. The summed E-state index contributed by atoms with van der Waals surface area (Å²) in [7, 11) is 0. The molecule has 0 saturated heterocycles. The van der Waals surface area contributed by atoms with Crippen LogP contribution in [0, 0.1) is 26.7 Å². The summed E-state index contributed by atoms with van der Waals surface area (Å²) in [5.74, 6) is -0.985. The summed E-state index contributed by atoms with van der Waals surface area (Å²) in [4.78, 5) is 10.7. The first-order chi connectivity index (χ1) is 8.41. The summed E-state index contributed by atoms with van der Waals surface area (Å²) in [5.41, 5.74) is 5.08. The lowest BCUT2D eigenvalue weighted by Gasteiger charge is -2.07. The first kappa shape index (κ1) is 14.5. The molecule has 1 aromatic rings. The minimum absolute atomic E-state index is 0.269. The number of benzene rings is 1. The average Bonchev–Trinajstić information content (AvgIpc) is 2.26. The number of allylic oxidation sites excluding steroid dienone is 1. The fourth-order valence-electron chi connectivity index (χ4n) is 2.12. The lowest BCUT2D eigenvalue weighted by atomic mass is 9.98. The smallest absolute Gasteiger partial charge is 0.306 e. The van der Waals surface area contributed by atoms with Crippen LogP contribution in [0.5, 0.6) is 0 Å². The van der Waals surface area contributed by atoms with Crippen molar-refractivity contribution in [1.82, 2.24) is 0 Å². The second-order valence-electron chi connectivity index (χ2n) is 5.03. The second-order valence-corrected chi connectivity index (χ2v) is 5.03. The molecular weight excluding hydrogens is 224 g/mol. The van der Waals surface area contributed by atoms with Gasteiger partial charge in [-0.1, -0.05) is 36.8 Å². The number of rotatable bonds is 5. The predicted octanol–water partition coefficient (Wildman–Crippen LogP) is 4.13. The Morgan fingerprint density at radius 3 is 2.33 bits per heavy atom. The SMILES string of the molecule is Cc1cc(C)c(/C=C/CCC(C)C(=O)O)c(C)c1. The zero-order valence-electron chi connectivity index (χ0n) is 11.7. The molecule has 1 atom stereocenters. The van der Waals surface area contributed by atoms with E-state index < -0.39 is 5.97 Å². The van der Waals surface area contributed by atoms with E-state index in [1.165, 1.54) is 22.3 Å². The molecule has 1 unspecified atom stereocenters. The molecule has 0 bridgehead atoms. The molecule has 0 aromatic heterocycles. The number of carbonyl (C=O) groups is 1. The molecule has 1 rings (SSSR count). The molecule has 0 heterocycles. The highest BCUT2D eigenvalue weighted by Gasteiger charge is 2.08. The van der Waals surface area contributed by atoms with Gasteiger partial charge in [-0.2, -0.15) is 0 Å². The lowest BCUT2D eigenvalue weighted by Crippen LogP contribution is -2.08. The van der Waals surface area contributed by atoms with Crippen LogP contribution in [0.4, 0.5) is 0 Å². The van der Waals surface area contributed by atoms with Crippen molar-refractivity contribution in [3.63, 3.8) is 0 Å². The van der Waals surface area contributed by atoms with Gasteiger partial charge in [-0.3, -0.25) is 4.79 Å². The Hall–Kier alpha value is -1.57. The predicted molar refractivity (Wildman–Crippen MR) is 75.7 cm³/mol. The van der Waals surface area contributed by atoms with Crippen molar-refractivity contribution in [2.75, 3.05) is 0 Å². The van der Waals surface area contributed by atoms with E-state index in [0.29, 0.717) is 6.42 Å². The standard InChI is InChI=1S/C16H22O2/c1-11-9-13(3)15(14(4)10-11)8-6-5-7-12(2)16(17)18/h6,8-10,12H,5,7H2,1-4H3,(H,17,18)/b8-6+. The zero-order valence-corrected chi connectivity index (χ0v) is 11.7. The van der Waals surface area contributed by atoms with E-state index in [9.17, 15) is 4.79 Å². The van der Waals surface area contributed by atoms with Crippen LogP contribution in [-0.2, 0) is 4.79 Å². The summed E-state index contributed by atoms with van der Waals surface area (Å²) in [6.45, 7) is 8.07. The molecule has 0 saturated carbocycles. The molecule has 2 nitrogen and oxygen atoms in total. The number of carboxylic acid groups (broad SMARTS) is 1. The maximum Gasteiger partial charge on any atom is 0.306 e. The average molecular weight is 246 g/mol. The van der Waals surface area contributed by atoms with Crippen molar-refractivity contribution >= 4 is 12.0 Å². The number of carboxylic acids is 1. The maximum absolute atomic E-state index is 10.7. The van der Waals surface area contributed by atoms with E-state index >= 15 is 0 Å². The lowest BCUT2D eigenvalue weighted by molar-refractivity contribution is -0.141. The molecular formula is C16H22O2. The van der Waals surface area contributed by atoms with E-state index in [1.807, 2.05) is 0 Å². The van der Waals surface area contributed by atoms with Gasteiger partial charge in [0.1, 0.15) is 0 Å². The molecule has 0 aliphatic heterocycles. The Balaban J connectivity index is 2.65. The van der Waals surface area contributed by atoms with Crippen molar-refractivity contribution in [3.05, 3.63) is 40.5 Å². The Kier molecular flexibility index (Phi) is 5.14. The fraction of sp³-hybridized carbons (Fsp3) is 0.438. The second kappa shape index (κ2) is 6.39. The maximum atomic E-state index is 10.7. The van der Waals surface area contributed by atoms with Crippen LogP contribution in [0.3, 0.4) is 0 Å². The number of aliphatic carboxylic acids is 1. The summed E-state index contributed by atoms with van der Waals surface area (Å²) in [6, 6.07) is 4.35. The molecule has 1 aromatic carbocycles. The van der Waals surface area contributed by atoms with Crippen LogP contribution in [0.25, 0.3) is 6.08 Å². The first-order valence-electron chi connectivity index (χ1n) is 6.39. The first-order valence-corrected chi connectivity index (χ1v) is 6.39. The highest BCUT2D eigenvalue weighted by molar-refractivity contribution is 5.69. The van der Waals surface area contributed by atoms with Crippen LogP contribution in [0.2, 0.25) is 0 Å². The molecule has 18 heavy (non-hydrogen) atoms. The van der Waals surface area contributed by atoms with Crippen molar-refractivity contribution in [3.8, 4) is 0 Å². The Bertz CT molecular complexity index is 435. The van der Waals surface area contributed by atoms with Gasteiger partial charge in [-0.25, -0.2) is 0 Å². The minimum atomic E-state index is -0.717. The number of hydrogen-bond donors (Lipinski definition) is 1. The fourth-order valence-corrected chi connectivity index (χ4v) is 2.12. The topological polar surface area (TPSA) is 37.3 Å². The summed E-state index contributed by atoms with van der Waals surface area (Å²) in [6.07, 6.45) is 5.68. The number of hydrogen-bond acceptors (Lipinski definition) is 1. The van der Waals surface area contributed by atoms with Crippen LogP contribution in [0.1, 0.15) is 42.0 Å². The third kappa shape index (κ3) is 4.02. The molecule has 98 valence electrons.